The van der Waals surface area contributed by atoms with Crippen LogP contribution in [0.3, 0.4) is 0 Å². The van der Waals surface area contributed by atoms with E-state index in [0.717, 1.165) is 0 Å². The number of carbonyl (C=O) groups excluding carboxylic acids is 2. The molecule has 2 fully saturated rings. The van der Waals surface area contributed by atoms with E-state index in [2.05, 4.69) is 0 Å². The fourth-order valence-corrected chi connectivity index (χ4v) is 1.93. The van der Waals surface area contributed by atoms with Crippen LogP contribution in [0.5, 0.6) is 0 Å². The summed E-state index contributed by atoms with van der Waals surface area (Å²) >= 11 is 0. The van der Waals surface area contributed by atoms with Gasteiger partial charge in [-0.05, 0) is 0 Å². The van der Waals surface area contributed by atoms with Gasteiger partial charge in [0.25, 0.3) is 0 Å². The van der Waals surface area contributed by atoms with Crippen LogP contribution in [-0.2, 0) is 18.9 Å². The van der Waals surface area contributed by atoms with Gasteiger partial charge in [0.1, 0.15) is 12.2 Å². The van der Waals surface area contributed by atoms with E-state index in [1.807, 2.05) is 0 Å². The zero-order chi connectivity index (χ0) is 11.7. The molecule has 0 unspecified atom stereocenters. The second-order valence-corrected chi connectivity index (χ2v) is 3.55. The maximum absolute atomic E-state index is 10.6. The van der Waals surface area contributed by atoms with E-state index in [1.54, 1.807) is 0 Å². The predicted molar refractivity (Wildman–Crippen MR) is 48.4 cm³/mol. The van der Waals surface area contributed by atoms with Gasteiger partial charge in [0.15, 0.2) is 12.2 Å². The SMILES string of the molecule is NC(=O)O[C@@H]1CO[C@H]2[C@@H]1OC[C@H]2OC(N)=O. The van der Waals surface area contributed by atoms with E-state index in [0.29, 0.717) is 0 Å². The average molecular weight is 232 g/mol. The molecule has 8 nitrogen and oxygen atoms in total. The first-order valence-corrected chi connectivity index (χ1v) is 4.73. The Hall–Kier alpha value is -1.54. The smallest absolute Gasteiger partial charge is 0.404 e. The van der Waals surface area contributed by atoms with Gasteiger partial charge >= 0.3 is 12.2 Å². The highest BCUT2D eigenvalue weighted by Gasteiger charge is 2.50. The third-order valence-electron chi connectivity index (χ3n) is 2.50. The van der Waals surface area contributed by atoms with Crippen LogP contribution >= 0.6 is 0 Å². The molecule has 0 spiro atoms. The molecule has 0 radical (unpaired) electrons. The highest BCUT2D eigenvalue weighted by molar-refractivity contribution is 5.65. The summed E-state index contributed by atoms with van der Waals surface area (Å²) in [6.45, 7) is 0.327. The first-order valence-electron chi connectivity index (χ1n) is 4.73. The Bertz CT molecular complexity index is 279. The summed E-state index contributed by atoms with van der Waals surface area (Å²) in [5.41, 5.74) is 9.79. The fourth-order valence-electron chi connectivity index (χ4n) is 1.93. The monoisotopic (exact) mass is 232 g/mol. The molecule has 0 aromatic carbocycles. The number of hydrogen-bond acceptors (Lipinski definition) is 6. The van der Waals surface area contributed by atoms with Crippen LogP contribution < -0.4 is 11.5 Å². The number of primary amides is 2. The average Bonchev–Trinajstić information content (AvgIpc) is 2.70. The minimum Gasteiger partial charge on any atom is -0.441 e. The highest BCUT2D eigenvalue weighted by atomic mass is 16.7. The van der Waals surface area contributed by atoms with Crippen molar-refractivity contribution < 1.29 is 28.5 Å². The van der Waals surface area contributed by atoms with Crippen molar-refractivity contribution in [3.63, 3.8) is 0 Å². The number of fused-ring (bicyclic) bond motifs is 1. The number of amides is 2. The van der Waals surface area contributed by atoms with Crippen molar-refractivity contribution in [1.29, 1.82) is 0 Å². The topological polar surface area (TPSA) is 123 Å². The molecule has 0 aromatic rings. The van der Waals surface area contributed by atoms with Gasteiger partial charge in [-0.3, -0.25) is 0 Å². The summed E-state index contributed by atoms with van der Waals surface area (Å²) in [6.07, 6.45) is -3.84. The Morgan fingerprint density at radius 2 is 1.31 bits per heavy atom. The van der Waals surface area contributed by atoms with Crippen LogP contribution in [0.15, 0.2) is 0 Å². The largest absolute Gasteiger partial charge is 0.441 e. The molecule has 0 bridgehead atoms. The van der Waals surface area contributed by atoms with Crippen molar-refractivity contribution in [2.45, 2.75) is 24.4 Å². The van der Waals surface area contributed by atoms with Crippen LogP contribution in [0.2, 0.25) is 0 Å². The summed E-state index contributed by atoms with van der Waals surface area (Å²) in [5, 5.41) is 0. The normalized spacial score (nSPS) is 36.8. The standard InChI is InChI=1S/C8H12N2O6/c9-7(11)15-3-1-13-6-4(16-8(10)12)2-14-5(3)6/h3-6H,1-2H2,(H2,9,11)(H2,10,12)/t3-,4-,5-,6-/m1/s1. The van der Waals surface area contributed by atoms with Crippen molar-refractivity contribution in [1.82, 2.24) is 0 Å². The molecule has 2 heterocycles. The molecule has 2 aliphatic rings. The van der Waals surface area contributed by atoms with Crippen LogP contribution in [0.1, 0.15) is 0 Å². The third-order valence-corrected chi connectivity index (χ3v) is 2.50. The zero-order valence-corrected chi connectivity index (χ0v) is 8.33. The fraction of sp³-hybridized carbons (Fsp3) is 0.750. The number of ether oxygens (including phenoxy) is 4. The maximum Gasteiger partial charge on any atom is 0.404 e. The van der Waals surface area contributed by atoms with Crippen molar-refractivity contribution in [2.75, 3.05) is 13.2 Å². The molecule has 0 saturated carbocycles. The Kier molecular flexibility index (Phi) is 2.84. The lowest BCUT2D eigenvalue weighted by atomic mass is 10.1. The summed E-state index contributed by atoms with van der Waals surface area (Å²) in [5.74, 6) is 0. The number of rotatable bonds is 2. The van der Waals surface area contributed by atoms with Crippen LogP contribution in [0, 0.1) is 0 Å². The first kappa shape index (κ1) is 11.0. The van der Waals surface area contributed by atoms with Crippen LogP contribution in [0.4, 0.5) is 9.59 Å². The third kappa shape index (κ3) is 2.02. The van der Waals surface area contributed by atoms with E-state index < -0.39 is 36.6 Å². The highest BCUT2D eigenvalue weighted by Crippen LogP contribution is 2.30. The van der Waals surface area contributed by atoms with Crippen LogP contribution in [-0.4, -0.2) is 49.8 Å². The van der Waals surface area contributed by atoms with E-state index >= 15 is 0 Å². The molecule has 4 N–H and O–H groups in total. The Morgan fingerprint density at radius 1 is 0.938 bits per heavy atom. The second kappa shape index (κ2) is 4.14. The van der Waals surface area contributed by atoms with Gasteiger partial charge in [-0.15, -0.1) is 0 Å². The molecule has 16 heavy (non-hydrogen) atoms. The molecule has 8 heteroatoms. The molecule has 2 rings (SSSR count). The first-order chi connectivity index (χ1) is 7.58. The van der Waals surface area contributed by atoms with Gasteiger partial charge in [0.2, 0.25) is 0 Å². The zero-order valence-electron chi connectivity index (χ0n) is 8.33. The Labute approximate surface area is 90.7 Å². The predicted octanol–water partition coefficient (Wildman–Crippen LogP) is -1.29. The molecule has 2 aliphatic heterocycles. The van der Waals surface area contributed by atoms with Gasteiger partial charge in [0.05, 0.1) is 13.2 Å². The van der Waals surface area contributed by atoms with E-state index in [4.69, 9.17) is 30.4 Å². The van der Waals surface area contributed by atoms with E-state index in [-0.39, 0.29) is 13.2 Å². The molecule has 2 amide bonds. The minimum atomic E-state index is -0.892. The summed E-state index contributed by atoms with van der Waals surface area (Å²) < 4.78 is 20.2. The van der Waals surface area contributed by atoms with E-state index in [9.17, 15) is 9.59 Å². The van der Waals surface area contributed by atoms with Crippen molar-refractivity contribution in [2.24, 2.45) is 11.5 Å². The lowest BCUT2D eigenvalue weighted by Gasteiger charge is -2.15. The number of hydrogen-bond donors (Lipinski definition) is 2. The number of nitrogens with two attached hydrogens (primary N) is 2. The van der Waals surface area contributed by atoms with Gasteiger partial charge in [-0.2, -0.15) is 0 Å². The molecule has 0 aromatic heterocycles. The lowest BCUT2D eigenvalue weighted by molar-refractivity contribution is -0.00864. The maximum atomic E-state index is 10.6. The summed E-state index contributed by atoms with van der Waals surface area (Å²) in [6, 6.07) is 0. The Balaban J connectivity index is 1.95. The number of carbonyl (C=O) groups is 2. The Morgan fingerprint density at radius 3 is 1.62 bits per heavy atom. The molecular formula is C8H12N2O6. The second-order valence-electron chi connectivity index (χ2n) is 3.55. The lowest BCUT2D eigenvalue weighted by Crippen LogP contribution is -2.37. The molecule has 4 atom stereocenters. The van der Waals surface area contributed by atoms with Gasteiger partial charge < -0.3 is 30.4 Å². The molecule has 2 saturated heterocycles. The van der Waals surface area contributed by atoms with Gasteiger partial charge in [-0.25, -0.2) is 9.59 Å². The van der Waals surface area contributed by atoms with Crippen LogP contribution in [0.25, 0.3) is 0 Å². The molecule has 90 valence electrons. The minimum absolute atomic E-state index is 0.164. The molecular weight excluding hydrogens is 220 g/mol. The van der Waals surface area contributed by atoms with Gasteiger partial charge in [-0.1, -0.05) is 0 Å². The summed E-state index contributed by atoms with van der Waals surface area (Å²) in [4.78, 5) is 21.2. The van der Waals surface area contributed by atoms with Gasteiger partial charge in [0, 0.05) is 0 Å². The quantitative estimate of drug-likeness (QED) is 0.610. The summed E-state index contributed by atoms with van der Waals surface area (Å²) in [7, 11) is 0. The molecule has 0 aliphatic carbocycles. The van der Waals surface area contributed by atoms with Crippen molar-refractivity contribution in [3.05, 3.63) is 0 Å². The van der Waals surface area contributed by atoms with Crippen molar-refractivity contribution in [3.8, 4) is 0 Å². The van der Waals surface area contributed by atoms with Crippen molar-refractivity contribution >= 4 is 12.2 Å². The van der Waals surface area contributed by atoms with E-state index in [1.165, 1.54) is 0 Å².